The number of thiazole rings is 1. The highest BCUT2D eigenvalue weighted by molar-refractivity contribution is 7.14. The third-order valence-electron chi connectivity index (χ3n) is 7.93. The molecule has 2 amide bonds. The summed E-state index contributed by atoms with van der Waals surface area (Å²) in [4.78, 5) is 50.9. The summed E-state index contributed by atoms with van der Waals surface area (Å²) in [5.41, 5.74) is 2.04. The fraction of sp³-hybridized carbons (Fsp3) is 0.600. The zero-order valence-electron chi connectivity index (χ0n) is 24.6. The standard InChI is InChI=1S/C30H41N5O5S/c1-6-39-24-16-35(25-23(36)17-40-26(24)25)28(38)21(15-30(2,3)4)31-27(37)20-9-7-19(8-10-20)22-18-41-29(32-22)34-13-11-33(5)12-14-34/h7-10,18,21,24-26H,6,11-17H2,1-5H3,(H,31,37)/t21?,24-,25+,26+/m0/s1. The van der Waals surface area contributed by atoms with Crippen LogP contribution in [0.25, 0.3) is 11.3 Å². The molecule has 0 bridgehead atoms. The molecule has 3 aliphatic rings. The van der Waals surface area contributed by atoms with Crippen LogP contribution in [0, 0.1) is 5.41 Å². The smallest absolute Gasteiger partial charge is 0.251 e. The lowest BCUT2D eigenvalue weighted by Crippen LogP contribution is -2.53. The first-order valence-corrected chi connectivity index (χ1v) is 15.3. The maximum absolute atomic E-state index is 13.9. The Kier molecular flexibility index (Phi) is 8.79. The Balaban J connectivity index is 1.28. The van der Waals surface area contributed by atoms with Gasteiger partial charge in [0.15, 0.2) is 10.9 Å². The van der Waals surface area contributed by atoms with Crippen molar-refractivity contribution >= 4 is 34.1 Å². The molecule has 1 unspecified atom stereocenters. The zero-order chi connectivity index (χ0) is 29.3. The molecule has 11 heteroatoms. The van der Waals surface area contributed by atoms with Crippen LogP contribution in [0.2, 0.25) is 0 Å². The summed E-state index contributed by atoms with van der Waals surface area (Å²) >= 11 is 1.63. The Labute approximate surface area is 246 Å². The summed E-state index contributed by atoms with van der Waals surface area (Å²) < 4.78 is 11.5. The van der Waals surface area contributed by atoms with Crippen molar-refractivity contribution in [2.45, 2.75) is 58.4 Å². The quantitative estimate of drug-likeness (QED) is 0.506. The largest absolute Gasteiger partial charge is 0.374 e. The van der Waals surface area contributed by atoms with Crippen molar-refractivity contribution < 1.29 is 23.9 Å². The van der Waals surface area contributed by atoms with E-state index in [4.69, 9.17) is 14.5 Å². The minimum atomic E-state index is -0.790. The molecule has 1 aromatic carbocycles. The predicted molar refractivity (Wildman–Crippen MR) is 158 cm³/mol. The molecule has 0 aliphatic carbocycles. The van der Waals surface area contributed by atoms with E-state index in [0.717, 1.165) is 42.6 Å². The highest BCUT2D eigenvalue weighted by Crippen LogP contribution is 2.32. The number of ether oxygens (including phenoxy) is 2. The van der Waals surface area contributed by atoms with E-state index in [1.54, 1.807) is 28.4 Å². The molecule has 3 saturated heterocycles. The summed E-state index contributed by atoms with van der Waals surface area (Å²) in [6, 6.07) is 5.86. The van der Waals surface area contributed by atoms with Crippen LogP contribution >= 0.6 is 11.3 Å². The number of benzene rings is 1. The number of Topliss-reactive ketones (excluding diaryl/α,β-unsaturated/α-hetero) is 1. The van der Waals surface area contributed by atoms with Gasteiger partial charge in [0, 0.05) is 49.3 Å². The molecule has 0 saturated carbocycles. The summed E-state index contributed by atoms with van der Waals surface area (Å²) in [6.45, 7) is 12.6. The number of likely N-dealkylation sites (tertiary alicyclic amines) is 1. The highest BCUT2D eigenvalue weighted by Gasteiger charge is 2.53. The normalized spacial score (nSPS) is 24.0. The molecule has 4 heterocycles. The molecule has 4 atom stereocenters. The molecule has 222 valence electrons. The number of aromatic nitrogens is 1. The van der Waals surface area contributed by atoms with E-state index in [1.807, 2.05) is 45.2 Å². The maximum atomic E-state index is 13.9. The van der Waals surface area contributed by atoms with E-state index in [-0.39, 0.29) is 42.3 Å². The van der Waals surface area contributed by atoms with Gasteiger partial charge in [-0.1, -0.05) is 32.9 Å². The van der Waals surface area contributed by atoms with Gasteiger partial charge >= 0.3 is 0 Å². The van der Waals surface area contributed by atoms with Crippen LogP contribution in [-0.2, 0) is 19.1 Å². The number of fused-ring (bicyclic) bond motifs is 1. The molecular formula is C30H41N5O5S. The number of hydrogen-bond donors (Lipinski definition) is 1. The second-order valence-corrected chi connectivity index (χ2v) is 13.2. The first kappa shape index (κ1) is 29.6. The van der Waals surface area contributed by atoms with Crippen molar-refractivity contribution in [2.24, 2.45) is 5.41 Å². The lowest BCUT2D eigenvalue weighted by atomic mass is 9.87. The molecule has 2 aromatic rings. The minimum absolute atomic E-state index is 0.0266. The predicted octanol–water partition coefficient (Wildman–Crippen LogP) is 2.68. The van der Waals surface area contributed by atoms with E-state index in [1.165, 1.54) is 0 Å². The van der Waals surface area contributed by atoms with Gasteiger partial charge in [-0.2, -0.15) is 0 Å². The van der Waals surface area contributed by atoms with Crippen molar-refractivity contribution in [1.29, 1.82) is 0 Å². The molecule has 0 spiro atoms. The summed E-state index contributed by atoms with van der Waals surface area (Å²) in [5, 5.41) is 6.03. The number of nitrogens with one attached hydrogen (secondary N) is 1. The Hall–Kier alpha value is -2.86. The maximum Gasteiger partial charge on any atom is 0.251 e. The molecule has 1 N–H and O–H groups in total. The van der Waals surface area contributed by atoms with E-state index >= 15 is 0 Å². The van der Waals surface area contributed by atoms with Crippen LogP contribution < -0.4 is 10.2 Å². The lowest BCUT2D eigenvalue weighted by Gasteiger charge is -2.32. The van der Waals surface area contributed by atoms with Gasteiger partial charge in [0.05, 0.1) is 12.2 Å². The molecule has 1 aromatic heterocycles. The zero-order valence-corrected chi connectivity index (χ0v) is 25.4. The van der Waals surface area contributed by atoms with E-state index in [0.29, 0.717) is 18.6 Å². The lowest BCUT2D eigenvalue weighted by molar-refractivity contribution is -0.139. The number of carbonyl (C=O) groups is 3. The van der Waals surface area contributed by atoms with Gasteiger partial charge in [-0.15, -0.1) is 11.3 Å². The van der Waals surface area contributed by atoms with Crippen molar-refractivity contribution in [2.75, 3.05) is 57.9 Å². The van der Waals surface area contributed by atoms with Crippen LogP contribution in [0.5, 0.6) is 0 Å². The number of nitrogens with zero attached hydrogens (tertiary/aromatic N) is 4. The van der Waals surface area contributed by atoms with Crippen molar-refractivity contribution in [1.82, 2.24) is 20.1 Å². The van der Waals surface area contributed by atoms with Crippen LogP contribution in [-0.4, -0.2) is 110 Å². The number of carbonyl (C=O) groups excluding carboxylic acids is 3. The average Bonchev–Trinajstić information content (AvgIpc) is 3.66. The van der Waals surface area contributed by atoms with Gasteiger partial charge in [0.25, 0.3) is 5.91 Å². The molecule has 0 radical (unpaired) electrons. The van der Waals surface area contributed by atoms with E-state index in [2.05, 4.69) is 22.2 Å². The Bertz CT molecular complexity index is 1250. The second-order valence-electron chi connectivity index (χ2n) is 12.3. The van der Waals surface area contributed by atoms with Gasteiger partial charge in [-0.25, -0.2) is 4.98 Å². The second kappa shape index (κ2) is 12.2. The average molecular weight is 584 g/mol. The van der Waals surface area contributed by atoms with E-state index < -0.39 is 18.2 Å². The molecular weight excluding hydrogens is 542 g/mol. The molecule has 5 rings (SSSR count). The topological polar surface area (TPSA) is 104 Å². The van der Waals surface area contributed by atoms with Crippen LogP contribution in [0.1, 0.15) is 44.5 Å². The monoisotopic (exact) mass is 583 g/mol. The number of rotatable bonds is 8. The number of anilines is 1. The van der Waals surface area contributed by atoms with Crippen LogP contribution in [0.4, 0.5) is 5.13 Å². The Morgan fingerprint density at radius 3 is 2.54 bits per heavy atom. The van der Waals surface area contributed by atoms with Crippen LogP contribution in [0.3, 0.4) is 0 Å². The molecule has 3 aliphatic heterocycles. The number of amides is 2. The minimum Gasteiger partial charge on any atom is -0.374 e. The number of likely N-dealkylation sites (N-methyl/N-ethyl adjacent to an activating group) is 1. The third kappa shape index (κ3) is 6.63. The highest BCUT2D eigenvalue weighted by atomic mass is 32.1. The first-order valence-electron chi connectivity index (χ1n) is 14.4. The van der Waals surface area contributed by atoms with E-state index in [9.17, 15) is 14.4 Å². The SMILES string of the molecule is CCO[C@H]1CN(C(=O)C(CC(C)(C)C)NC(=O)c2ccc(-c3csc(N4CCN(C)CC4)n3)cc2)[C@@H]2C(=O)CO[C@H]12. The van der Waals surface area contributed by atoms with Gasteiger partial charge in [-0.3, -0.25) is 14.4 Å². The van der Waals surface area contributed by atoms with Crippen molar-refractivity contribution in [3.05, 3.63) is 35.2 Å². The number of hydrogen-bond acceptors (Lipinski definition) is 9. The fourth-order valence-corrected chi connectivity index (χ4v) is 6.67. The first-order chi connectivity index (χ1) is 19.5. The Morgan fingerprint density at radius 2 is 1.88 bits per heavy atom. The fourth-order valence-electron chi connectivity index (χ4n) is 5.79. The Morgan fingerprint density at radius 1 is 1.17 bits per heavy atom. The van der Waals surface area contributed by atoms with Gasteiger partial charge in [-0.05, 0) is 37.9 Å². The van der Waals surface area contributed by atoms with Crippen LogP contribution in [0.15, 0.2) is 29.6 Å². The van der Waals surface area contributed by atoms with Crippen molar-refractivity contribution in [3.63, 3.8) is 0 Å². The van der Waals surface area contributed by atoms with Crippen molar-refractivity contribution in [3.8, 4) is 11.3 Å². The summed E-state index contributed by atoms with van der Waals surface area (Å²) in [6.07, 6.45) is -0.403. The van der Waals surface area contributed by atoms with Gasteiger partial charge in [0.2, 0.25) is 5.91 Å². The van der Waals surface area contributed by atoms with Gasteiger partial charge in [0.1, 0.15) is 30.9 Å². The van der Waals surface area contributed by atoms with Gasteiger partial charge < -0.3 is 29.5 Å². The number of piperazine rings is 1. The summed E-state index contributed by atoms with van der Waals surface area (Å²) in [7, 11) is 2.13. The molecule has 10 nitrogen and oxygen atoms in total. The third-order valence-corrected chi connectivity index (χ3v) is 8.83. The molecule has 3 fully saturated rings. The number of ketones is 1. The summed E-state index contributed by atoms with van der Waals surface area (Å²) in [5.74, 6) is -0.735. The molecule has 41 heavy (non-hydrogen) atoms.